The lowest BCUT2D eigenvalue weighted by Crippen LogP contribution is -2.26. The van der Waals surface area contributed by atoms with Crippen LogP contribution in [0.1, 0.15) is 41.2 Å². The van der Waals surface area contributed by atoms with Gasteiger partial charge in [0.15, 0.2) is 0 Å². The van der Waals surface area contributed by atoms with Gasteiger partial charge in [0.1, 0.15) is 22.4 Å². The summed E-state index contributed by atoms with van der Waals surface area (Å²) in [5, 5.41) is 4.48. The molecule has 1 fully saturated rings. The van der Waals surface area contributed by atoms with Crippen molar-refractivity contribution in [2.75, 3.05) is 6.54 Å². The van der Waals surface area contributed by atoms with Gasteiger partial charge >= 0.3 is 0 Å². The van der Waals surface area contributed by atoms with E-state index in [1.165, 1.54) is 9.71 Å². The van der Waals surface area contributed by atoms with Gasteiger partial charge in [-0.25, -0.2) is 9.67 Å². The number of rotatable bonds is 5. The summed E-state index contributed by atoms with van der Waals surface area (Å²) in [5.41, 5.74) is 1.08. The molecule has 1 unspecified atom stereocenters. The lowest BCUT2D eigenvalue weighted by molar-refractivity contribution is 0.190. The minimum absolute atomic E-state index is 0.322. The number of fused-ring (bicyclic) bond motifs is 1. The van der Waals surface area contributed by atoms with Gasteiger partial charge in [-0.1, -0.05) is 12.1 Å². The Kier molecular flexibility index (Phi) is 4.91. The molecule has 1 aromatic carbocycles. The molecule has 1 saturated heterocycles. The van der Waals surface area contributed by atoms with Gasteiger partial charge in [-0.3, -0.25) is 10.00 Å². The number of thiazole rings is 1. The number of nitrogens with one attached hydrogen (secondary N) is 1. The van der Waals surface area contributed by atoms with Crippen molar-refractivity contribution in [2.24, 2.45) is 0 Å². The molecule has 0 bridgehead atoms. The van der Waals surface area contributed by atoms with Crippen LogP contribution >= 0.6 is 23.6 Å². The van der Waals surface area contributed by atoms with E-state index in [0.29, 0.717) is 17.5 Å². The molecule has 0 amide bonds. The molecule has 8 heteroatoms. The Labute approximate surface area is 177 Å². The number of aromatic amines is 1. The highest BCUT2D eigenvalue weighted by Gasteiger charge is 2.29. The van der Waals surface area contributed by atoms with E-state index in [9.17, 15) is 0 Å². The molecule has 1 aliphatic rings. The number of hydrogen-bond acceptors (Lipinski definition) is 6. The Bertz CT molecular complexity index is 1200. The van der Waals surface area contributed by atoms with Crippen molar-refractivity contribution in [3.63, 3.8) is 0 Å². The van der Waals surface area contributed by atoms with E-state index in [2.05, 4.69) is 33.2 Å². The molecule has 0 radical (unpaired) electrons. The van der Waals surface area contributed by atoms with Crippen LogP contribution in [-0.2, 0) is 6.67 Å². The van der Waals surface area contributed by atoms with E-state index in [0.717, 1.165) is 42.2 Å². The molecule has 0 saturated carbocycles. The van der Waals surface area contributed by atoms with Gasteiger partial charge in [-0.2, -0.15) is 4.98 Å². The molecule has 29 heavy (non-hydrogen) atoms. The number of aromatic nitrogens is 4. The third kappa shape index (κ3) is 3.83. The summed E-state index contributed by atoms with van der Waals surface area (Å²) in [6.45, 7) is 3.63. The van der Waals surface area contributed by atoms with Gasteiger partial charge in [-0.15, -0.1) is 11.3 Å². The zero-order valence-electron chi connectivity index (χ0n) is 16.0. The first-order valence-electron chi connectivity index (χ1n) is 9.66. The normalized spacial score (nSPS) is 17.8. The maximum absolute atomic E-state index is 5.56. The molecule has 4 aromatic rings. The number of aryl methyl sites for hydroxylation is 1. The molecule has 148 valence electrons. The fraction of sp³-hybridized carbons (Fsp3) is 0.286. The van der Waals surface area contributed by atoms with E-state index in [1.807, 2.05) is 42.0 Å². The number of furan rings is 1. The molecule has 1 atom stereocenters. The molecule has 3 aromatic heterocycles. The van der Waals surface area contributed by atoms with Crippen LogP contribution in [-0.4, -0.2) is 31.2 Å². The van der Waals surface area contributed by atoms with E-state index in [1.54, 1.807) is 11.3 Å². The number of para-hydroxylation sites is 1. The summed E-state index contributed by atoms with van der Waals surface area (Å²) in [4.78, 5) is 11.8. The average molecular weight is 424 g/mol. The Morgan fingerprint density at radius 2 is 2.14 bits per heavy atom. The molecule has 6 nitrogen and oxygen atoms in total. The van der Waals surface area contributed by atoms with E-state index >= 15 is 0 Å². The summed E-state index contributed by atoms with van der Waals surface area (Å²) in [5.74, 6) is 2.41. The van der Waals surface area contributed by atoms with Crippen LogP contribution in [0.25, 0.3) is 22.4 Å². The molecule has 4 heterocycles. The zero-order valence-corrected chi connectivity index (χ0v) is 17.7. The first-order valence-corrected chi connectivity index (χ1v) is 10.9. The van der Waals surface area contributed by atoms with Gasteiger partial charge in [0.05, 0.1) is 22.9 Å². The van der Waals surface area contributed by atoms with Gasteiger partial charge < -0.3 is 4.42 Å². The standard InChI is InChI=1S/C21H21N5OS2/c1-14-8-9-15(27-14)10-11-19-23-21(28)26(24-19)13-25-12-4-6-17(25)20-22-16-5-2-3-7-18(16)29-20/h2-3,5,7-11,17H,4,6,12-13H2,1H3,(H,23,24,28)/b11-10+. The van der Waals surface area contributed by atoms with Crippen molar-refractivity contribution in [3.05, 3.63) is 63.5 Å². The number of H-pyrrole nitrogens is 1. The van der Waals surface area contributed by atoms with Crippen molar-refractivity contribution in [3.8, 4) is 0 Å². The average Bonchev–Trinajstić information content (AvgIpc) is 3.48. The Hall–Kier alpha value is -2.55. The highest BCUT2D eigenvalue weighted by molar-refractivity contribution is 7.71. The van der Waals surface area contributed by atoms with Crippen LogP contribution in [0.5, 0.6) is 0 Å². The molecular formula is C21H21N5OS2. The highest BCUT2D eigenvalue weighted by Crippen LogP contribution is 2.36. The zero-order chi connectivity index (χ0) is 19.8. The third-order valence-corrected chi connectivity index (χ3v) is 6.59. The second kappa shape index (κ2) is 7.70. The van der Waals surface area contributed by atoms with E-state index in [4.69, 9.17) is 21.6 Å². The molecule has 0 spiro atoms. The van der Waals surface area contributed by atoms with Crippen LogP contribution in [0.4, 0.5) is 0 Å². The first-order chi connectivity index (χ1) is 14.2. The SMILES string of the molecule is Cc1ccc(/C=C/c2nc(=S)n(CN3CCCC3c3nc4ccccc4s3)[nH]2)o1. The summed E-state index contributed by atoms with van der Waals surface area (Å²) in [6.07, 6.45) is 6.06. The Balaban J connectivity index is 1.34. The molecular weight excluding hydrogens is 402 g/mol. The first kappa shape index (κ1) is 18.5. The topological polar surface area (TPSA) is 62.9 Å². The van der Waals surface area contributed by atoms with Crippen LogP contribution in [0, 0.1) is 11.7 Å². The fourth-order valence-electron chi connectivity index (χ4n) is 3.74. The summed E-state index contributed by atoms with van der Waals surface area (Å²) >= 11 is 7.26. The third-order valence-electron chi connectivity index (χ3n) is 5.15. The second-order valence-electron chi connectivity index (χ2n) is 7.23. The largest absolute Gasteiger partial charge is 0.462 e. The molecule has 0 aliphatic carbocycles. The summed E-state index contributed by atoms with van der Waals surface area (Å²) in [7, 11) is 0. The molecule has 1 aliphatic heterocycles. The van der Waals surface area contributed by atoms with Crippen molar-refractivity contribution in [1.29, 1.82) is 0 Å². The van der Waals surface area contributed by atoms with Crippen molar-refractivity contribution >= 4 is 45.9 Å². The predicted octanol–water partition coefficient (Wildman–Crippen LogP) is 5.42. The fourth-order valence-corrected chi connectivity index (χ4v) is 5.08. The second-order valence-corrected chi connectivity index (χ2v) is 8.66. The smallest absolute Gasteiger partial charge is 0.217 e. The van der Waals surface area contributed by atoms with Crippen LogP contribution in [0.3, 0.4) is 0 Å². The maximum Gasteiger partial charge on any atom is 0.217 e. The predicted molar refractivity (Wildman–Crippen MR) is 118 cm³/mol. The quantitative estimate of drug-likeness (QED) is 0.435. The van der Waals surface area contributed by atoms with Crippen molar-refractivity contribution in [2.45, 2.75) is 32.5 Å². The number of benzene rings is 1. The van der Waals surface area contributed by atoms with Crippen molar-refractivity contribution in [1.82, 2.24) is 24.6 Å². The van der Waals surface area contributed by atoms with Crippen molar-refractivity contribution < 1.29 is 4.42 Å². The number of hydrogen-bond donors (Lipinski definition) is 1. The molecule has 1 N–H and O–H groups in total. The summed E-state index contributed by atoms with van der Waals surface area (Å²) < 4.78 is 9.28. The highest BCUT2D eigenvalue weighted by atomic mass is 32.1. The monoisotopic (exact) mass is 423 g/mol. The lowest BCUT2D eigenvalue weighted by Gasteiger charge is -2.22. The summed E-state index contributed by atoms with van der Waals surface area (Å²) in [6, 6.07) is 12.5. The van der Waals surface area contributed by atoms with Crippen LogP contribution < -0.4 is 0 Å². The number of likely N-dealkylation sites (tertiary alicyclic amines) is 1. The molecule has 5 rings (SSSR count). The van der Waals surface area contributed by atoms with Gasteiger partial charge in [0, 0.05) is 6.54 Å². The van der Waals surface area contributed by atoms with E-state index < -0.39 is 0 Å². The minimum Gasteiger partial charge on any atom is -0.462 e. The number of nitrogens with zero attached hydrogens (tertiary/aromatic N) is 4. The van der Waals surface area contributed by atoms with E-state index in [-0.39, 0.29) is 0 Å². The van der Waals surface area contributed by atoms with Crippen LogP contribution in [0.15, 0.2) is 40.8 Å². The van der Waals surface area contributed by atoms with Gasteiger partial charge in [0.2, 0.25) is 4.77 Å². The van der Waals surface area contributed by atoms with Gasteiger partial charge in [0.25, 0.3) is 0 Å². The minimum atomic E-state index is 0.322. The van der Waals surface area contributed by atoms with Gasteiger partial charge in [-0.05, 0) is 68.4 Å². The Morgan fingerprint density at radius 3 is 2.97 bits per heavy atom. The van der Waals surface area contributed by atoms with Crippen LogP contribution in [0.2, 0.25) is 0 Å². The maximum atomic E-state index is 5.56. The lowest BCUT2D eigenvalue weighted by atomic mass is 10.2. The Morgan fingerprint density at radius 1 is 1.24 bits per heavy atom.